The lowest BCUT2D eigenvalue weighted by Crippen LogP contribution is -2.37. The van der Waals surface area contributed by atoms with Gasteiger partial charge in [-0.2, -0.15) is 4.31 Å². The topological polar surface area (TPSA) is 73.8 Å². The Bertz CT molecular complexity index is 1280. The van der Waals surface area contributed by atoms with Gasteiger partial charge in [0.25, 0.3) is 5.91 Å². The van der Waals surface area contributed by atoms with Crippen LogP contribution in [0.5, 0.6) is 0 Å². The Hall–Kier alpha value is -1.75. The molecule has 3 aromatic rings. The van der Waals surface area contributed by atoms with Gasteiger partial charge in [0.2, 0.25) is 10.0 Å². The molecule has 37 heavy (non-hydrogen) atoms. The zero-order valence-electron chi connectivity index (χ0n) is 22.1. The Morgan fingerprint density at radius 2 is 1.57 bits per heavy atom. The molecule has 11 heteroatoms. The fraction of sp³-hybridized carbons (Fsp3) is 0.462. The first-order valence-corrected chi connectivity index (χ1v) is 14.7. The van der Waals surface area contributed by atoms with Crippen LogP contribution in [0, 0.1) is 11.8 Å². The molecule has 0 aliphatic rings. The van der Waals surface area contributed by atoms with E-state index in [0.29, 0.717) is 47.4 Å². The van der Waals surface area contributed by atoms with Crippen LogP contribution in [-0.2, 0) is 10.0 Å². The van der Waals surface area contributed by atoms with Crippen molar-refractivity contribution >= 4 is 66.6 Å². The first-order valence-electron chi connectivity index (χ1n) is 12.0. The van der Waals surface area contributed by atoms with Crippen molar-refractivity contribution in [2.24, 2.45) is 11.8 Å². The average molecular weight is 588 g/mol. The Balaban J connectivity index is 0.00000481. The molecule has 7 nitrogen and oxygen atoms in total. The lowest BCUT2D eigenvalue weighted by molar-refractivity contribution is 0.0985. The van der Waals surface area contributed by atoms with Crippen molar-refractivity contribution in [3.63, 3.8) is 0 Å². The molecule has 2 aromatic carbocycles. The van der Waals surface area contributed by atoms with Gasteiger partial charge >= 0.3 is 0 Å². The molecule has 0 fully saturated rings. The fourth-order valence-corrected chi connectivity index (χ4v) is 6.82. The summed E-state index contributed by atoms with van der Waals surface area (Å²) >= 11 is 7.72. The quantitative estimate of drug-likeness (QED) is 0.280. The molecule has 1 heterocycles. The summed E-state index contributed by atoms with van der Waals surface area (Å²) in [6.45, 7) is 9.97. The van der Waals surface area contributed by atoms with E-state index in [9.17, 15) is 13.2 Å². The summed E-state index contributed by atoms with van der Waals surface area (Å²) in [6.07, 6.45) is 0. The molecule has 0 bridgehead atoms. The van der Waals surface area contributed by atoms with Gasteiger partial charge in [0.1, 0.15) is 5.52 Å². The molecule has 0 radical (unpaired) electrons. The van der Waals surface area contributed by atoms with E-state index in [0.717, 1.165) is 4.70 Å². The SMILES string of the molecule is CC(C)CN(CC(C)C)S(=O)(=O)c1ccc(C(=O)N(CCN(C)C)c2nc3c(Cl)cccc3s2)cc1.Cl. The van der Waals surface area contributed by atoms with Gasteiger partial charge in [-0.1, -0.05) is 56.7 Å². The number of nitrogens with zero attached hydrogens (tertiary/aromatic N) is 4. The van der Waals surface area contributed by atoms with E-state index in [1.54, 1.807) is 23.1 Å². The predicted octanol–water partition coefficient (Wildman–Crippen LogP) is 5.88. The number of amides is 1. The standard InChI is InChI=1S/C26H35ClN4O3S2.ClH/c1-18(2)16-30(17-19(3)4)36(33,34)21-12-10-20(11-13-21)25(32)31(15-14-29(5)6)26-28-24-22(27)8-7-9-23(24)35-26;/h7-13,18-19H,14-17H2,1-6H3;1H. The number of likely N-dealkylation sites (N-methyl/N-ethyl adjacent to an activating group) is 1. The number of carbonyl (C=O) groups excluding carboxylic acids is 1. The molecule has 0 spiro atoms. The number of benzene rings is 2. The number of anilines is 1. The number of para-hydroxylation sites is 1. The second-order valence-electron chi connectivity index (χ2n) is 9.98. The number of sulfonamides is 1. The maximum absolute atomic E-state index is 13.6. The van der Waals surface area contributed by atoms with Crippen LogP contribution in [-0.4, -0.2) is 68.8 Å². The number of rotatable bonds is 11. The van der Waals surface area contributed by atoms with Gasteiger partial charge in [-0.05, 0) is 62.3 Å². The van der Waals surface area contributed by atoms with Gasteiger partial charge in [0.05, 0.1) is 14.6 Å². The van der Waals surface area contributed by atoms with Crippen LogP contribution in [0.1, 0.15) is 38.1 Å². The van der Waals surface area contributed by atoms with E-state index in [1.165, 1.54) is 27.8 Å². The summed E-state index contributed by atoms with van der Waals surface area (Å²) in [5.74, 6) is 0.163. The second-order valence-corrected chi connectivity index (χ2v) is 13.3. The molecule has 3 rings (SSSR count). The second kappa shape index (κ2) is 13.4. The van der Waals surface area contributed by atoms with Gasteiger partial charge < -0.3 is 4.90 Å². The van der Waals surface area contributed by atoms with Gasteiger partial charge in [-0.3, -0.25) is 9.69 Å². The van der Waals surface area contributed by atoms with Crippen LogP contribution in [0.15, 0.2) is 47.4 Å². The number of carbonyl (C=O) groups is 1. The lowest BCUT2D eigenvalue weighted by Gasteiger charge is -2.26. The molecule has 0 saturated heterocycles. The van der Waals surface area contributed by atoms with E-state index in [4.69, 9.17) is 11.6 Å². The average Bonchev–Trinajstić information content (AvgIpc) is 3.23. The van der Waals surface area contributed by atoms with E-state index < -0.39 is 10.0 Å². The predicted molar refractivity (Wildman–Crippen MR) is 157 cm³/mol. The highest BCUT2D eigenvalue weighted by Crippen LogP contribution is 2.33. The zero-order chi connectivity index (χ0) is 26.6. The van der Waals surface area contributed by atoms with Crippen molar-refractivity contribution in [3.05, 3.63) is 53.1 Å². The molecule has 0 aliphatic carbocycles. The normalized spacial score (nSPS) is 12.1. The highest BCUT2D eigenvalue weighted by Gasteiger charge is 2.27. The summed E-state index contributed by atoms with van der Waals surface area (Å²) in [5.41, 5.74) is 1.07. The molecule has 0 unspecified atom stereocenters. The van der Waals surface area contributed by atoms with Crippen molar-refractivity contribution < 1.29 is 13.2 Å². The monoisotopic (exact) mass is 586 g/mol. The maximum Gasteiger partial charge on any atom is 0.260 e. The number of hydrogen-bond acceptors (Lipinski definition) is 6. The zero-order valence-corrected chi connectivity index (χ0v) is 25.3. The molecule has 1 amide bonds. The van der Waals surface area contributed by atoms with Crippen LogP contribution in [0.3, 0.4) is 0 Å². The molecule has 0 N–H and O–H groups in total. The summed E-state index contributed by atoms with van der Waals surface area (Å²) in [4.78, 5) is 22.0. The van der Waals surface area contributed by atoms with Gasteiger partial charge in [0.15, 0.2) is 5.13 Å². The number of aromatic nitrogens is 1. The minimum atomic E-state index is -3.67. The molecule has 1 aromatic heterocycles. The van der Waals surface area contributed by atoms with Gasteiger partial charge in [-0.15, -0.1) is 12.4 Å². The first kappa shape index (κ1) is 31.5. The summed E-state index contributed by atoms with van der Waals surface area (Å²) < 4.78 is 29.1. The fourth-order valence-electron chi connectivity index (χ4n) is 3.76. The van der Waals surface area contributed by atoms with Gasteiger partial charge in [-0.25, -0.2) is 13.4 Å². The molecule has 0 saturated carbocycles. The minimum Gasteiger partial charge on any atom is -0.308 e. The molecular formula is C26H36Cl2N4O3S2. The highest BCUT2D eigenvalue weighted by molar-refractivity contribution is 7.89. The van der Waals surface area contributed by atoms with E-state index in [-0.39, 0.29) is 35.0 Å². The van der Waals surface area contributed by atoms with E-state index in [2.05, 4.69) is 4.98 Å². The third-order valence-electron chi connectivity index (χ3n) is 5.48. The Morgan fingerprint density at radius 1 is 0.973 bits per heavy atom. The van der Waals surface area contributed by atoms with Crippen LogP contribution >= 0.6 is 35.3 Å². The molecule has 0 atom stereocenters. The lowest BCUT2D eigenvalue weighted by atomic mass is 10.2. The van der Waals surface area contributed by atoms with Crippen LogP contribution < -0.4 is 4.90 Å². The number of halogens is 2. The van der Waals surface area contributed by atoms with Gasteiger partial charge in [0, 0.05) is 31.7 Å². The smallest absolute Gasteiger partial charge is 0.260 e. The van der Waals surface area contributed by atoms with E-state index in [1.807, 2.05) is 58.8 Å². The number of hydrogen-bond donors (Lipinski definition) is 0. The summed E-state index contributed by atoms with van der Waals surface area (Å²) in [6, 6.07) is 11.8. The minimum absolute atomic E-state index is 0. The molecule has 204 valence electrons. The van der Waals surface area contributed by atoms with E-state index >= 15 is 0 Å². The van der Waals surface area contributed by atoms with Crippen molar-refractivity contribution in [1.29, 1.82) is 0 Å². The Morgan fingerprint density at radius 3 is 2.08 bits per heavy atom. The molecule has 0 aliphatic heterocycles. The Kier molecular flexibility index (Phi) is 11.4. The van der Waals surface area contributed by atoms with Crippen molar-refractivity contribution in [2.75, 3.05) is 45.2 Å². The number of fused-ring (bicyclic) bond motifs is 1. The largest absolute Gasteiger partial charge is 0.308 e. The first-order chi connectivity index (χ1) is 16.9. The van der Waals surface area contributed by atoms with Crippen LogP contribution in [0.2, 0.25) is 5.02 Å². The van der Waals surface area contributed by atoms with Crippen molar-refractivity contribution in [2.45, 2.75) is 32.6 Å². The van der Waals surface area contributed by atoms with Crippen molar-refractivity contribution in [1.82, 2.24) is 14.2 Å². The highest BCUT2D eigenvalue weighted by atomic mass is 35.5. The van der Waals surface area contributed by atoms with Crippen LogP contribution in [0.4, 0.5) is 5.13 Å². The third-order valence-corrected chi connectivity index (χ3v) is 8.68. The van der Waals surface area contributed by atoms with Crippen molar-refractivity contribution in [3.8, 4) is 0 Å². The third kappa shape index (κ3) is 7.88. The number of thiazole rings is 1. The maximum atomic E-state index is 13.6. The van der Waals surface area contributed by atoms with Crippen LogP contribution in [0.25, 0.3) is 10.2 Å². The summed E-state index contributed by atoms with van der Waals surface area (Å²) in [5, 5.41) is 1.10. The molecular weight excluding hydrogens is 551 g/mol. The Labute approximate surface area is 235 Å². The summed E-state index contributed by atoms with van der Waals surface area (Å²) in [7, 11) is 0.211.